The average molecular weight is 987 g/mol. The van der Waals surface area contributed by atoms with E-state index in [2.05, 4.69) is 273 Å². The number of fused-ring (bicyclic) bond motifs is 9. The summed E-state index contributed by atoms with van der Waals surface area (Å²) in [5.74, 6) is 0. The smallest absolute Gasteiger partial charge is 0.101 e. The minimum Gasteiger partial charge on any atom is -0.311 e. The maximum Gasteiger partial charge on any atom is 0.101 e. The van der Waals surface area contributed by atoms with Crippen molar-refractivity contribution in [1.29, 1.82) is 0 Å². The van der Waals surface area contributed by atoms with E-state index in [9.17, 15) is 0 Å². The van der Waals surface area contributed by atoms with Crippen LogP contribution in [-0.4, -0.2) is 13.7 Å². The highest BCUT2D eigenvalue weighted by atomic mass is 32.1. The number of anilines is 3. The van der Waals surface area contributed by atoms with Gasteiger partial charge in [0.1, 0.15) is 15.0 Å². The van der Waals surface area contributed by atoms with Crippen molar-refractivity contribution in [2.24, 2.45) is 0 Å². The monoisotopic (exact) mass is 986 g/mol. The number of hydrogen-bond donors (Lipinski definition) is 0. The minimum absolute atomic E-state index is 1.10. The maximum atomic E-state index is 2.41. The molecule has 6 aromatic heterocycles. The molecule has 0 aliphatic rings. The number of nitrogens with zero attached hydrogens (tertiary/aromatic N) is 4. The van der Waals surface area contributed by atoms with E-state index >= 15 is 0 Å². The van der Waals surface area contributed by atoms with Crippen LogP contribution in [0.1, 0.15) is 0 Å². The molecule has 0 atom stereocenters. The van der Waals surface area contributed by atoms with Gasteiger partial charge in [0.2, 0.25) is 0 Å². The Morgan fingerprint density at radius 1 is 0.219 bits per heavy atom. The van der Waals surface area contributed by atoms with Gasteiger partial charge in [-0.2, -0.15) is 0 Å². The molecule has 0 spiro atoms. The molecule has 15 rings (SSSR count). The summed E-state index contributed by atoms with van der Waals surface area (Å²) in [5.41, 5.74) is 14.2. The normalized spacial score (nSPS) is 11.8. The molecule has 0 amide bonds. The molecule has 0 unspecified atom stereocenters. The molecule has 0 saturated heterocycles. The van der Waals surface area contributed by atoms with Gasteiger partial charge in [0.15, 0.2) is 0 Å². The third-order valence-corrected chi connectivity index (χ3v) is 17.8. The number of thiophene rings is 3. The summed E-state index contributed by atoms with van der Waals surface area (Å²) >= 11 is 5.49. The van der Waals surface area contributed by atoms with Gasteiger partial charge in [-0.1, -0.05) is 146 Å². The summed E-state index contributed by atoms with van der Waals surface area (Å²) in [7, 11) is 0. The van der Waals surface area contributed by atoms with Crippen LogP contribution in [0.2, 0.25) is 0 Å². The molecule has 0 radical (unpaired) electrons. The molecule has 7 heteroatoms. The largest absolute Gasteiger partial charge is 0.311 e. The van der Waals surface area contributed by atoms with Crippen LogP contribution in [0.4, 0.5) is 17.1 Å². The van der Waals surface area contributed by atoms with Crippen LogP contribution in [0.15, 0.2) is 255 Å². The summed E-state index contributed by atoms with van der Waals surface area (Å²) in [5, 5.41) is 11.3. The summed E-state index contributed by atoms with van der Waals surface area (Å²) < 4.78 is 7.22. The third kappa shape index (κ3) is 6.85. The van der Waals surface area contributed by atoms with Gasteiger partial charge in [0, 0.05) is 64.0 Å². The van der Waals surface area contributed by atoms with Crippen molar-refractivity contribution in [1.82, 2.24) is 13.7 Å². The number of hydrogen-bond acceptors (Lipinski definition) is 4. The summed E-state index contributed by atoms with van der Waals surface area (Å²) in [6.07, 6.45) is 0. The van der Waals surface area contributed by atoms with E-state index in [1.165, 1.54) is 112 Å². The first kappa shape index (κ1) is 42.0. The SMILES string of the molecule is c1ccc2c(c1)c1ccccc1n2-c1ccc(-c2ccc(N(c3ccc(-c4ccc(-n5c6ccccc6c6ccccc65)s4)cc3)c3ccc(-c4ccc(-n5c6ccccc6c6ccccc65)s4)cc3)cc2)s1. The molecule has 0 aliphatic carbocycles. The van der Waals surface area contributed by atoms with Crippen molar-refractivity contribution in [3.05, 3.63) is 255 Å². The van der Waals surface area contributed by atoms with Gasteiger partial charge in [-0.15, -0.1) is 34.0 Å². The standard InChI is InChI=1S/C66H42N4S3/c1-7-19-55-49(13-1)50-14-2-8-20-56(50)68(55)64-40-37-61(71-64)43-25-31-46(32-26-43)67(47-33-27-44(28-34-47)62-38-41-65(72-62)69-57-21-9-3-15-51(57)52-16-4-10-22-58(52)69)48-35-29-45(30-36-48)63-39-42-66(73-63)70-59-23-11-5-17-53(59)54-18-6-12-24-60(54)70/h1-42H. The van der Waals surface area contributed by atoms with Gasteiger partial charge >= 0.3 is 0 Å². The van der Waals surface area contributed by atoms with Crippen molar-refractivity contribution in [2.45, 2.75) is 0 Å². The average Bonchev–Trinajstić information content (AvgIpc) is 4.34. The molecule has 9 aromatic carbocycles. The Kier molecular flexibility index (Phi) is 9.76. The Bertz CT molecular complexity index is 3930. The highest BCUT2D eigenvalue weighted by molar-refractivity contribution is 7.18. The first-order chi connectivity index (χ1) is 36.2. The van der Waals surface area contributed by atoms with Crippen LogP contribution in [0.25, 0.3) is 112 Å². The van der Waals surface area contributed by atoms with E-state index in [4.69, 9.17) is 0 Å². The molecular formula is C66H42N4S3. The fourth-order valence-corrected chi connectivity index (χ4v) is 14.2. The zero-order valence-corrected chi connectivity index (χ0v) is 41.7. The topological polar surface area (TPSA) is 18.0 Å². The molecule has 0 saturated carbocycles. The van der Waals surface area contributed by atoms with Crippen molar-refractivity contribution in [2.75, 3.05) is 4.90 Å². The highest BCUT2D eigenvalue weighted by Gasteiger charge is 2.19. The zero-order chi connectivity index (χ0) is 48.0. The van der Waals surface area contributed by atoms with Crippen LogP contribution >= 0.6 is 34.0 Å². The first-order valence-corrected chi connectivity index (χ1v) is 27.0. The van der Waals surface area contributed by atoms with Crippen LogP contribution < -0.4 is 4.90 Å². The van der Waals surface area contributed by atoms with Crippen molar-refractivity contribution in [3.8, 4) is 46.3 Å². The highest BCUT2D eigenvalue weighted by Crippen LogP contribution is 2.44. The minimum atomic E-state index is 1.10. The fraction of sp³-hybridized carbons (Fsp3) is 0. The Morgan fingerprint density at radius 3 is 0.671 bits per heavy atom. The summed E-state index contributed by atoms with van der Waals surface area (Å²) in [6.45, 7) is 0. The molecule has 73 heavy (non-hydrogen) atoms. The van der Waals surface area contributed by atoms with E-state index < -0.39 is 0 Å². The number of para-hydroxylation sites is 6. The van der Waals surface area contributed by atoms with Crippen LogP contribution in [-0.2, 0) is 0 Å². The Labute approximate surface area is 433 Å². The Morgan fingerprint density at radius 2 is 0.438 bits per heavy atom. The van der Waals surface area contributed by atoms with Gasteiger partial charge < -0.3 is 18.6 Å². The fourth-order valence-electron chi connectivity index (χ4n) is 11.1. The van der Waals surface area contributed by atoms with Crippen LogP contribution in [0.5, 0.6) is 0 Å². The van der Waals surface area contributed by atoms with E-state index in [0.29, 0.717) is 0 Å². The van der Waals surface area contributed by atoms with Crippen molar-refractivity contribution < 1.29 is 0 Å². The quantitative estimate of drug-likeness (QED) is 0.141. The molecule has 0 N–H and O–H groups in total. The second kappa shape index (κ2) is 17.0. The molecule has 0 bridgehead atoms. The first-order valence-electron chi connectivity index (χ1n) is 24.6. The molecule has 0 aliphatic heterocycles. The van der Waals surface area contributed by atoms with Crippen molar-refractivity contribution >= 4 is 116 Å². The summed E-state index contributed by atoms with van der Waals surface area (Å²) in [4.78, 5) is 6.08. The second-order valence-corrected chi connectivity index (χ2v) is 21.7. The maximum absolute atomic E-state index is 2.41. The predicted molar refractivity (Wildman–Crippen MR) is 314 cm³/mol. The van der Waals surface area contributed by atoms with E-state index in [1.807, 2.05) is 34.0 Å². The molecule has 0 fully saturated rings. The molecular weight excluding hydrogens is 945 g/mol. The van der Waals surface area contributed by atoms with Crippen LogP contribution in [0.3, 0.4) is 0 Å². The molecule has 15 aromatic rings. The van der Waals surface area contributed by atoms with E-state index in [-0.39, 0.29) is 0 Å². The van der Waals surface area contributed by atoms with E-state index in [0.717, 1.165) is 17.1 Å². The molecule has 4 nitrogen and oxygen atoms in total. The molecule has 344 valence electrons. The lowest BCUT2D eigenvalue weighted by Gasteiger charge is -2.26. The van der Waals surface area contributed by atoms with Gasteiger partial charge in [0.25, 0.3) is 0 Å². The Hall–Kier alpha value is -8.72. The van der Waals surface area contributed by atoms with Gasteiger partial charge in [0.05, 0.1) is 33.1 Å². The molecule has 6 heterocycles. The van der Waals surface area contributed by atoms with Gasteiger partial charge in [-0.05, 0) is 126 Å². The van der Waals surface area contributed by atoms with Crippen LogP contribution in [0, 0.1) is 0 Å². The predicted octanol–water partition coefficient (Wildman–Crippen LogP) is 19.6. The second-order valence-electron chi connectivity index (χ2n) is 18.5. The van der Waals surface area contributed by atoms with Gasteiger partial charge in [-0.25, -0.2) is 0 Å². The Balaban J connectivity index is 0.781. The third-order valence-electron chi connectivity index (χ3n) is 14.4. The van der Waals surface area contributed by atoms with Gasteiger partial charge in [-0.3, -0.25) is 0 Å². The number of rotatable bonds is 9. The lowest BCUT2D eigenvalue weighted by molar-refractivity contribution is 1.22. The number of aromatic nitrogens is 3. The summed E-state index contributed by atoms with van der Waals surface area (Å²) in [6, 6.07) is 93.2. The zero-order valence-electron chi connectivity index (χ0n) is 39.3. The lowest BCUT2D eigenvalue weighted by atomic mass is 10.1. The van der Waals surface area contributed by atoms with Crippen molar-refractivity contribution in [3.63, 3.8) is 0 Å². The number of benzene rings is 9. The van der Waals surface area contributed by atoms with E-state index in [1.54, 1.807) is 0 Å². The lowest BCUT2D eigenvalue weighted by Crippen LogP contribution is -2.09.